The molecule has 4 N–H and O–H groups in total. The minimum atomic E-state index is -4.50. The maximum Gasteiger partial charge on any atom is 0.400 e. The normalized spacial score (nSPS) is 22.1. The molecule has 0 heterocycles. The summed E-state index contributed by atoms with van der Waals surface area (Å²) in [6, 6.07) is 0. The van der Waals surface area contributed by atoms with Crippen LogP contribution in [0.4, 0.5) is 13.2 Å². The van der Waals surface area contributed by atoms with Gasteiger partial charge in [-0.1, -0.05) is 24.9 Å². The molecular formula is C11H20F3N3O. The minimum Gasteiger partial charge on any atom is -0.409 e. The van der Waals surface area contributed by atoms with Crippen LogP contribution in [0.15, 0.2) is 5.16 Å². The molecule has 0 aromatic rings. The Hall–Kier alpha value is -0.980. The van der Waals surface area contributed by atoms with E-state index in [1.54, 1.807) is 0 Å². The van der Waals surface area contributed by atoms with Crippen molar-refractivity contribution in [3.63, 3.8) is 0 Å². The van der Waals surface area contributed by atoms with Gasteiger partial charge in [-0.25, -0.2) is 0 Å². The minimum absolute atomic E-state index is 0.0707. The number of rotatable bonds is 5. The van der Waals surface area contributed by atoms with Crippen molar-refractivity contribution in [1.82, 2.24) is 5.32 Å². The van der Waals surface area contributed by atoms with E-state index < -0.39 is 17.9 Å². The molecule has 0 aromatic carbocycles. The first-order valence-corrected chi connectivity index (χ1v) is 6.03. The van der Waals surface area contributed by atoms with E-state index in [0.29, 0.717) is 6.54 Å². The number of hydrogen-bond acceptors (Lipinski definition) is 3. The largest absolute Gasteiger partial charge is 0.409 e. The van der Waals surface area contributed by atoms with Crippen LogP contribution in [0, 0.1) is 11.3 Å². The van der Waals surface area contributed by atoms with Crippen LogP contribution in [0.25, 0.3) is 0 Å². The molecule has 1 rings (SSSR count). The van der Waals surface area contributed by atoms with E-state index in [4.69, 9.17) is 10.9 Å². The zero-order valence-corrected chi connectivity index (χ0v) is 10.4. The average Bonchev–Trinajstić information content (AvgIpc) is 2.69. The fraction of sp³-hybridized carbons (Fsp3) is 0.909. The maximum atomic E-state index is 12.6. The second kappa shape index (κ2) is 5.77. The second-order valence-electron chi connectivity index (χ2n) is 5.27. The van der Waals surface area contributed by atoms with Crippen LogP contribution in [0.5, 0.6) is 0 Å². The van der Waals surface area contributed by atoms with Crippen molar-refractivity contribution < 1.29 is 18.4 Å². The van der Waals surface area contributed by atoms with Gasteiger partial charge in [0.15, 0.2) is 5.84 Å². The highest BCUT2D eigenvalue weighted by molar-refractivity contribution is 5.83. The predicted molar refractivity (Wildman–Crippen MR) is 62.4 cm³/mol. The van der Waals surface area contributed by atoms with Gasteiger partial charge in [-0.05, 0) is 18.3 Å². The fourth-order valence-corrected chi connectivity index (χ4v) is 2.38. The van der Waals surface area contributed by atoms with Crippen molar-refractivity contribution >= 4 is 5.84 Å². The molecule has 0 bridgehead atoms. The quantitative estimate of drug-likeness (QED) is 0.309. The summed E-state index contributed by atoms with van der Waals surface area (Å²) >= 11 is 0. The first kappa shape index (κ1) is 15.1. The Morgan fingerprint density at radius 2 is 2.00 bits per heavy atom. The van der Waals surface area contributed by atoms with E-state index in [1.165, 1.54) is 0 Å². The Kier molecular flexibility index (Phi) is 4.84. The number of nitrogens with two attached hydrogens (primary N) is 1. The average molecular weight is 267 g/mol. The van der Waals surface area contributed by atoms with Crippen LogP contribution in [-0.2, 0) is 0 Å². The zero-order chi connectivity index (χ0) is 13.8. The van der Waals surface area contributed by atoms with Gasteiger partial charge in [-0.3, -0.25) is 0 Å². The van der Waals surface area contributed by atoms with Crippen LogP contribution in [0.2, 0.25) is 0 Å². The highest BCUT2D eigenvalue weighted by atomic mass is 19.4. The molecule has 0 aliphatic heterocycles. The van der Waals surface area contributed by atoms with E-state index in [2.05, 4.69) is 17.4 Å². The SMILES string of the molecule is CC1(CNCC(C(N)=NO)C(F)(F)F)CCCC1. The summed E-state index contributed by atoms with van der Waals surface area (Å²) < 4.78 is 37.9. The number of alkyl halides is 3. The van der Waals surface area contributed by atoms with Crippen LogP contribution < -0.4 is 11.1 Å². The molecule has 1 saturated carbocycles. The molecule has 7 heteroatoms. The Balaban J connectivity index is 2.48. The molecule has 106 valence electrons. The lowest BCUT2D eigenvalue weighted by atomic mass is 9.89. The highest BCUT2D eigenvalue weighted by Gasteiger charge is 2.42. The lowest BCUT2D eigenvalue weighted by Crippen LogP contribution is -2.44. The molecule has 18 heavy (non-hydrogen) atoms. The summed E-state index contributed by atoms with van der Waals surface area (Å²) in [5, 5.41) is 13.6. The molecule has 1 aliphatic carbocycles. The second-order valence-corrected chi connectivity index (χ2v) is 5.27. The lowest BCUT2D eigenvalue weighted by molar-refractivity contribution is -0.155. The number of oxime groups is 1. The van der Waals surface area contributed by atoms with Gasteiger partial charge >= 0.3 is 6.18 Å². The molecule has 1 unspecified atom stereocenters. The van der Waals surface area contributed by atoms with E-state index in [1.807, 2.05) is 0 Å². The third kappa shape index (κ3) is 4.04. The Morgan fingerprint density at radius 3 is 2.44 bits per heavy atom. The molecule has 0 radical (unpaired) electrons. The van der Waals surface area contributed by atoms with Gasteiger partial charge in [0.2, 0.25) is 0 Å². The van der Waals surface area contributed by atoms with Crippen LogP contribution >= 0.6 is 0 Å². The molecular weight excluding hydrogens is 247 g/mol. The van der Waals surface area contributed by atoms with E-state index in [-0.39, 0.29) is 12.0 Å². The van der Waals surface area contributed by atoms with Crippen LogP contribution in [-0.4, -0.2) is 30.3 Å². The summed E-state index contributed by atoms with van der Waals surface area (Å²) in [4.78, 5) is 0. The van der Waals surface area contributed by atoms with Gasteiger partial charge in [0.25, 0.3) is 0 Å². The molecule has 0 saturated heterocycles. The first-order valence-electron chi connectivity index (χ1n) is 6.03. The fourth-order valence-electron chi connectivity index (χ4n) is 2.38. The summed E-state index contributed by atoms with van der Waals surface area (Å²) in [7, 11) is 0. The standard InChI is InChI=1S/C11H20F3N3O/c1-10(4-2-3-5-10)7-16-6-8(9(15)17-18)11(12,13)14/h8,16,18H,2-7H2,1H3,(H2,15,17). The monoisotopic (exact) mass is 267 g/mol. The predicted octanol–water partition coefficient (Wildman–Crippen LogP) is 2.08. The maximum absolute atomic E-state index is 12.6. The van der Waals surface area contributed by atoms with Crippen molar-refractivity contribution in [3.05, 3.63) is 0 Å². The Labute approximate surface area is 104 Å². The third-order valence-corrected chi connectivity index (χ3v) is 3.58. The molecule has 4 nitrogen and oxygen atoms in total. The van der Waals surface area contributed by atoms with E-state index >= 15 is 0 Å². The lowest BCUT2D eigenvalue weighted by Gasteiger charge is -2.26. The summed E-state index contributed by atoms with van der Waals surface area (Å²) in [6.45, 7) is 2.24. The zero-order valence-electron chi connectivity index (χ0n) is 10.4. The number of nitrogens with one attached hydrogen (secondary N) is 1. The Bertz CT molecular complexity index is 298. The summed E-state index contributed by atoms with van der Waals surface area (Å²) in [6.07, 6.45) is -0.192. The van der Waals surface area contributed by atoms with Gasteiger partial charge in [0.05, 0.1) is 0 Å². The topological polar surface area (TPSA) is 70.6 Å². The van der Waals surface area contributed by atoms with Crippen molar-refractivity contribution in [2.24, 2.45) is 22.2 Å². The van der Waals surface area contributed by atoms with Gasteiger partial charge in [0.1, 0.15) is 5.92 Å². The molecule has 1 atom stereocenters. The van der Waals surface area contributed by atoms with Gasteiger partial charge in [0, 0.05) is 13.1 Å². The summed E-state index contributed by atoms with van der Waals surface area (Å²) in [5.41, 5.74) is 5.14. The van der Waals surface area contributed by atoms with Crippen molar-refractivity contribution in [3.8, 4) is 0 Å². The number of nitrogens with zero attached hydrogens (tertiary/aromatic N) is 1. The molecule has 0 spiro atoms. The molecule has 0 amide bonds. The van der Waals surface area contributed by atoms with Crippen molar-refractivity contribution in [2.45, 2.75) is 38.8 Å². The highest BCUT2D eigenvalue weighted by Crippen LogP contribution is 2.36. The number of halogens is 3. The summed E-state index contributed by atoms with van der Waals surface area (Å²) in [5.74, 6) is -2.74. The number of amidine groups is 1. The van der Waals surface area contributed by atoms with Crippen LogP contribution in [0.3, 0.4) is 0 Å². The van der Waals surface area contributed by atoms with Gasteiger partial charge in [-0.15, -0.1) is 0 Å². The third-order valence-electron chi connectivity index (χ3n) is 3.58. The Morgan fingerprint density at radius 1 is 1.44 bits per heavy atom. The van der Waals surface area contributed by atoms with Crippen molar-refractivity contribution in [2.75, 3.05) is 13.1 Å². The van der Waals surface area contributed by atoms with E-state index in [9.17, 15) is 13.2 Å². The molecule has 1 fully saturated rings. The van der Waals surface area contributed by atoms with E-state index in [0.717, 1.165) is 25.7 Å². The van der Waals surface area contributed by atoms with Gasteiger partial charge in [-0.2, -0.15) is 13.2 Å². The molecule has 1 aliphatic rings. The first-order chi connectivity index (χ1) is 8.28. The molecule has 0 aromatic heterocycles. The van der Waals surface area contributed by atoms with Gasteiger partial charge < -0.3 is 16.3 Å². The van der Waals surface area contributed by atoms with Crippen molar-refractivity contribution in [1.29, 1.82) is 0 Å². The smallest absolute Gasteiger partial charge is 0.400 e. The van der Waals surface area contributed by atoms with Crippen LogP contribution in [0.1, 0.15) is 32.6 Å². The number of hydrogen-bond donors (Lipinski definition) is 3.